The van der Waals surface area contributed by atoms with Crippen LogP contribution in [0.15, 0.2) is 29.1 Å². The van der Waals surface area contributed by atoms with E-state index in [0.29, 0.717) is 11.3 Å². The average molecular weight is 302 g/mol. The molecule has 0 aliphatic heterocycles. The smallest absolute Gasteiger partial charge is 0.270 e. The number of carbonyl (C=O) groups is 1. The fourth-order valence-corrected chi connectivity index (χ4v) is 2.03. The summed E-state index contributed by atoms with van der Waals surface area (Å²) >= 11 is 0. The minimum atomic E-state index is -0.419. The van der Waals surface area contributed by atoms with E-state index in [2.05, 4.69) is 9.97 Å². The number of phenolic OH excluding ortho intramolecular Hbond substituents is 1. The molecule has 1 heterocycles. The van der Waals surface area contributed by atoms with Crippen molar-refractivity contribution in [3.63, 3.8) is 0 Å². The summed E-state index contributed by atoms with van der Waals surface area (Å²) in [6, 6.07) is 5.74. The summed E-state index contributed by atoms with van der Waals surface area (Å²) in [5.74, 6) is -0.303. The Hall–Kier alpha value is -2.63. The number of nitrogens with one attached hydrogen (secondary N) is 1. The van der Waals surface area contributed by atoms with Crippen LogP contribution in [0.1, 0.15) is 47.9 Å². The number of hydrogen-bond acceptors (Lipinski definition) is 5. The van der Waals surface area contributed by atoms with Gasteiger partial charge in [0.15, 0.2) is 5.69 Å². The summed E-state index contributed by atoms with van der Waals surface area (Å²) in [6.45, 7) is 3.84. The predicted molar refractivity (Wildman–Crippen MR) is 81.7 cm³/mol. The summed E-state index contributed by atoms with van der Waals surface area (Å²) in [4.78, 5) is 31.4. The minimum absolute atomic E-state index is 0.00485. The molecule has 1 aromatic carbocycles. The molecule has 0 spiro atoms. The van der Waals surface area contributed by atoms with Crippen LogP contribution in [-0.2, 0) is 0 Å². The zero-order chi connectivity index (χ0) is 16.3. The van der Waals surface area contributed by atoms with Gasteiger partial charge in [0.25, 0.3) is 5.56 Å². The van der Waals surface area contributed by atoms with Gasteiger partial charge in [-0.15, -0.1) is 0 Å². The highest BCUT2D eigenvalue weighted by atomic mass is 16.5. The standard InChI is InChI=1S/C16H18N2O4/c1-4-9(2)12-15(21)17-13(16(18-12)22-3)14(20)10-5-7-11(19)8-6-10/h5-9,19H,4H2,1-3H3,(H,17,21)/t9-/m0/s1. The Kier molecular flexibility index (Phi) is 4.60. The SMILES string of the molecule is CC[C@H](C)c1nc(OC)c(C(=O)c2ccc(O)cc2)[nH]c1=O. The zero-order valence-corrected chi connectivity index (χ0v) is 12.7. The molecule has 2 rings (SSSR count). The Labute approximate surface area is 127 Å². The number of nitrogens with zero attached hydrogens (tertiary/aromatic N) is 1. The second kappa shape index (κ2) is 6.43. The summed E-state index contributed by atoms with van der Waals surface area (Å²) in [6.07, 6.45) is 0.754. The number of benzene rings is 1. The van der Waals surface area contributed by atoms with Gasteiger partial charge in [0.05, 0.1) is 7.11 Å². The largest absolute Gasteiger partial charge is 0.508 e. The van der Waals surface area contributed by atoms with Crippen molar-refractivity contribution in [3.05, 3.63) is 51.6 Å². The van der Waals surface area contributed by atoms with Crippen molar-refractivity contribution in [2.75, 3.05) is 7.11 Å². The second-order valence-corrected chi connectivity index (χ2v) is 5.02. The Bertz CT molecular complexity index is 735. The molecule has 0 radical (unpaired) electrons. The zero-order valence-electron chi connectivity index (χ0n) is 12.7. The Morgan fingerprint density at radius 3 is 2.55 bits per heavy atom. The second-order valence-electron chi connectivity index (χ2n) is 5.02. The third-order valence-corrected chi connectivity index (χ3v) is 3.54. The van der Waals surface area contributed by atoms with E-state index in [0.717, 1.165) is 6.42 Å². The van der Waals surface area contributed by atoms with Crippen LogP contribution in [0.2, 0.25) is 0 Å². The number of aromatic amines is 1. The molecular weight excluding hydrogens is 284 g/mol. The third-order valence-electron chi connectivity index (χ3n) is 3.54. The molecular formula is C16H18N2O4. The maximum atomic E-state index is 12.5. The normalized spacial score (nSPS) is 12.0. The molecule has 0 unspecified atom stereocenters. The van der Waals surface area contributed by atoms with Crippen molar-refractivity contribution in [1.82, 2.24) is 9.97 Å². The van der Waals surface area contributed by atoms with E-state index in [1.807, 2.05) is 13.8 Å². The van der Waals surface area contributed by atoms with Crippen LogP contribution in [0.25, 0.3) is 0 Å². The number of aromatic hydroxyl groups is 1. The Morgan fingerprint density at radius 1 is 1.36 bits per heavy atom. The van der Waals surface area contributed by atoms with Crippen molar-refractivity contribution in [2.24, 2.45) is 0 Å². The monoisotopic (exact) mass is 302 g/mol. The lowest BCUT2D eigenvalue weighted by Gasteiger charge is -2.11. The number of H-pyrrole nitrogens is 1. The van der Waals surface area contributed by atoms with Crippen molar-refractivity contribution < 1.29 is 14.6 Å². The quantitative estimate of drug-likeness (QED) is 0.826. The van der Waals surface area contributed by atoms with Gasteiger partial charge in [0, 0.05) is 11.5 Å². The number of methoxy groups -OCH3 is 1. The molecule has 1 aromatic heterocycles. The first kappa shape index (κ1) is 15.8. The first-order valence-electron chi connectivity index (χ1n) is 6.99. The maximum absolute atomic E-state index is 12.5. The van der Waals surface area contributed by atoms with Crippen LogP contribution in [0.5, 0.6) is 11.6 Å². The molecule has 6 heteroatoms. The number of ether oxygens (including phenoxy) is 1. The van der Waals surface area contributed by atoms with E-state index in [9.17, 15) is 14.7 Å². The number of ketones is 1. The van der Waals surface area contributed by atoms with Crippen molar-refractivity contribution in [3.8, 4) is 11.6 Å². The van der Waals surface area contributed by atoms with Crippen molar-refractivity contribution in [1.29, 1.82) is 0 Å². The highest BCUT2D eigenvalue weighted by Crippen LogP contribution is 2.21. The third kappa shape index (κ3) is 3.00. The fourth-order valence-electron chi connectivity index (χ4n) is 2.03. The molecule has 116 valence electrons. The van der Waals surface area contributed by atoms with Gasteiger partial charge >= 0.3 is 0 Å². The van der Waals surface area contributed by atoms with Crippen LogP contribution in [0.3, 0.4) is 0 Å². The van der Waals surface area contributed by atoms with Gasteiger partial charge in [-0.2, -0.15) is 0 Å². The van der Waals surface area contributed by atoms with E-state index in [4.69, 9.17) is 4.74 Å². The van der Waals surface area contributed by atoms with Gasteiger partial charge in [0.1, 0.15) is 11.4 Å². The number of carbonyl (C=O) groups excluding carboxylic acids is 1. The molecule has 0 bridgehead atoms. The summed E-state index contributed by atoms with van der Waals surface area (Å²) in [5, 5.41) is 9.27. The predicted octanol–water partition coefficient (Wildman–Crippen LogP) is 2.23. The molecule has 0 amide bonds. The first-order chi connectivity index (χ1) is 10.5. The minimum Gasteiger partial charge on any atom is -0.508 e. The lowest BCUT2D eigenvalue weighted by molar-refractivity contribution is 0.103. The topological polar surface area (TPSA) is 92.3 Å². The van der Waals surface area contributed by atoms with Crippen LogP contribution in [-0.4, -0.2) is 28.0 Å². The summed E-state index contributed by atoms with van der Waals surface area (Å²) < 4.78 is 5.15. The lowest BCUT2D eigenvalue weighted by atomic mass is 10.0. The fraction of sp³-hybridized carbons (Fsp3) is 0.312. The van der Waals surface area contributed by atoms with Crippen LogP contribution >= 0.6 is 0 Å². The van der Waals surface area contributed by atoms with Gasteiger partial charge in [-0.25, -0.2) is 4.98 Å². The molecule has 0 aliphatic rings. The maximum Gasteiger partial charge on any atom is 0.270 e. The number of phenols is 1. The number of aromatic nitrogens is 2. The van der Waals surface area contributed by atoms with E-state index in [1.165, 1.54) is 31.4 Å². The van der Waals surface area contributed by atoms with Crippen LogP contribution in [0.4, 0.5) is 0 Å². The molecule has 0 saturated heterocycles. The van der Waals surface area contributed by atoms with Gasteiger partial charge < -0.3 is 14.8 Å². The summed E-state index contributed by atoms with van der Waals surface area (Å²) in [7, 11) is 1.40. The molecule has 0 fully saturated rings. The molecule has 1 atom stereocenters. The number of rotatable bonds is 5. The van der Waals surface area contributed by atoms with Gasteiger partial charge in [-0.05, 0) is 30.7 Å². The van der Waals surface area contributed by atoms with Crippen molar-refractivity contribution in [2.45, 2.75) is 26.2 Å². The van der Waals surface area contributed by atoms with Gasteiger partial charge in [-0.3, -0.25) is 9.59 Å². The molecule has 6 nitrogen and oxygen atoms in total. The molecule has 2 N–H and O–H groups in total. The first-order valence-corrected chi connectivity index (χ1v) is 6.99. The number of hydrogen-bond donors (Lipinski definition) is 2. The van der Waals surface area contributed by atoms with E-state index in [-0.39, 0.29) is 23.2 Å². The Morgan fingerprint density at radius 2 is 2.00 bits per heavy atom. The average Bonchev–Trinajstić information content (AvgIpc) is 2.54. The Balaban J connectivity index is 2.51. The van der Waals surface area contributed by atoms with E-state index < -0.39 is 11.3 Å². The molecule has 2 aromatic rings. The van der Waals surface area contributed by atoms with E-state index >= 15 is 0 Å². The van der Waals surface area contributed by atoms with Crippen LogP contribution in [0, 0.1) is 0 Å². The van der Waals surface area contributed by atoms with Crippen LogP contribution < -0.4 is 10.3 Å². The van der Waals surface area contributed by atoms with Gasteiger partial charge in [0.2, 0.25) is 11.7 Å². The lowest BCUT2D eigenvalue weighted by Crippen LogP contribution is -2.22. The highest BCUT2D eigenvalue weighted by molar-refractivity contribution is 6.09. The summed E-state index contributed by atoms with van der Waals surface area (Å²) in [5.41, 5.74) is 0.286. The van der Waals surface area contributed by atoms with Crippen molar-refractivity contribution >= 4 is 5.78 Å². The van der Waals surface area contributed by atoms with E-state index in [1.54, 1.807) is 0 Å². The highest BCUT2D eigenvalue weighted by Gasteiger charge is 2.21. The molecule has 0 aliphatic carbocycles. The molecule has 22 heavy (non-hydrogen) atoms. The molecule has 0 saturated carbocycles. The van der Waals surface area contributed by atoms with Gasteiger partial charge in [-0.1, -0.05) is 13.8 Å².